The van der Waals surface area contributed by atoms with E-state index in [1.165, 1.54) is 16.6 Å². The topological polar surface area (TPSA) is 80.9 Å². The number of amides is 1. The zero-order valence-electron chi connectivity index (χ0n) is 13.9. The first-order valence-corrected chi connectivity index (χ1v) is 9.75. The Kier molecular flexibility index (Phi) is 5.83. The number of nitrogens with one attached hydrogen (secondary N) is 1. The molecule has 0 unspecified atom stereocenters. The average Bonchev–Trinajstić information content (AvgIpc) is 3.30. The maximum Gasteiger partial charge on any atom is 0.230 e. The van der Waals surface area contributed by atoms with Crippen molar-refractivity contribution in [3.63, 3.8) is 0 Å². The number of hydrogen-bond donors (Lipinski definition) is 1. The van der Waals surface area contributed by atoms with E-state index in [-0.39, 0.29) is 17.7 Å². The minimum Gasteiger partial charge on any atom is -0.348 e. The SMILES string of the molecule is CC[C@H](NC(=O)CSc1ncccc1-c1noc(C)n1)c1cccs1. The largest absolute Gasteiger partial charge is 0.348 e. The minimum atomic E-state index is -0.0221. The number of carbonyl (C=O) groups excluding carboxylic acids is 1. The molecular formula is C17H18N4O2S2. The van der Waals surface area contributed by atoms with Crippen LogP contribution in [-0.4, -0.2) is 26.8 Å². The van der Waals surface area contributed by atoms with Crippen molar-refractivity contribution in [3.05, 3.63) is 46.6 Å². The molecule has 3 aromatic heterocycles. The van der Waals surface area contributed by atoms with Crippen LogP contribution in [0.2, 0.25) is 0 Å². The molecule has 1 atom stereocenters. The van der Waals surface area contributed by atoms with Crippen molar-refractivity contribution in [1.29, 1.82) is 0 Å². The molecule has 0 aliphatic heterocycles. The fraction of sp³-hybridized carbons (Fsp3) is 0.294. The van der Waals surface area contributed by atoms with Gasteiger partial charge in [-0.15, -0.1) is 11.3 Å². The van der Waals surface area contributed by atoms with Crippen LogP contribution in [0.1, 0.15) is 30.2 Å². The van der Waals surface area contributed by atoms with Crippen LogP contribution >= 0.6 is 23.1 Å². The van der Waals surface area contributed by atoms with Gasteiger partial charge in [0.2, 0.25) is 17.6 Å². The van der Waals surface area contributed by atoms with E-state index in [0.717, 1.165) is 12.0 Å². The lowest BCUT2D eigenvalue weighted by Crippen LogP contribution is -2.29. The van der Waals surface area contributed by atoms with E-state index >= 15 is 0 Å². The fourth-order valence-electron chi connectivity index (χ4n) is 2.32. The van der Waals surface area contributed by atoms with Gasteiger partial charge in [0.05, 0.1) is 17.4 Å². The molecule has 1 N–H and O–H groups in total. The molecule has 25 heavy (non-hydrogen) atoms. The molecule has 0 spiro atoms. The van der Waals surface area contributed by atoms with E-state index in [2.05, 4.69) is 27.4 Å². The van der Waals surface area contributed by atoms with Crippen molar-refractivity contribution in [2.24, 2.45) is 0 Å². The highest BCUT2D eigenvalue weighted by molar-refractivity contribution is 8.00. The number of carbonyl (C=O) groups is 1. The van der Waals surface area contributed by atoms with E-state index in [9.17, 15) is 4.79 Å². The van der Waals surface area contributed by atoms with Gasteiger partial charge in [-0.25, -0.2) is 4.98 Å². The van der Waals surface area contributed by atoms with E-state index in [4.69, 9.17) is 4.52 Å². The Morgan fingerprint density at radius 3 is 2.96 bits per heavy atom. The Morgan fingerprint density at radius 1 is 1.40 bits per heavy atom. The Labute approximate surface area is 154 Å². The first kappa shape index (κ1) is 17.6. The molecule has 0 radical (unpaired) electrons. The molecule has 8 heteroatoms. The monoisotopic (exact) mass is 374 g/mol. The van der Waals surface area contributed by atoms with Crippen LogP contribution in [0, 0.1) is 6.92 Å². The third-order valence-electron chi connectivity index (χ3n) is 3.51. The summed E-state index contributed by atoms with van der Waals surface area (Å²) in [7, 11) is 0. The van der Waals surface area contributed by atoms with Crippen molar-refractivity contribution < 1.29 is 9.32 Å². The Balaban J connectivity index is 1.65. The normalized spacial score (nSPS) is 12.1. The quantitative estimate of drug-likeness (QED) is 0.633. The lowest BCUT2D eigenvalue weighted by atomic mass is 10.2. The molecule has 0 aliphatic rings. The van der Waals surface area contributed by atoms with E-state index in [1.54, 1.807) is 24.5 Å². The van der Waals surface area contributed by atoms with Crippen LogP contribution < -0.4 is 5.32 Å². The lowest BCUT2D eigenvalue weighted by molar-refractivity contribution is -0.119. The Morgan fingerprint density at radius 2 is 2.28 bits per heavy atom. The number of thiophene rings is 1. The highest BCUT2D eigenvalue weighted by atomic mass is 32.2. The summed E-state index contributed by atoms with van der Waals surface area (Å²) in [5, 5.41) is 9.74. The van der Waals surface area contributed by atoms with Gasteiger partial charge in [-0.1, -0.05) is 29.9 Å². The lowest BCUT2D eigenvalue weighted by Gasteiger charge is -2.15. The summed E-state index contributed by atoms with van der Waals surface area (Å²) in [5.41, 5.74) is 0.766. The molecule has 1 amide bonds. The predicted octanol–water partition coefficient (Wildman–Crippen LogP) is 3.86. The summed E-state index contributed by atoms with van der Waals surface area (Å²) in [6, 6.07) is 7.78. The molecule has 3 aromatic rings. The molecule has 0 aliphatic carbocycles. The highest BCUT2D eigenvalue weighted by Crippen LogP contribution is 2.28. The van der Waals surface area contributed by atoms with Crippen LogP contribution in [-0.2, 0) is 4.79 Å². The number of nitrogens with zero attached hydrogens (tertiary/aromatic N) is 3. The average molecular weight is 374 g/mol. The van der Waals surface area contributed by atoms with E-state index in [1.807, 2.05) is 29.6 Å². The number of rotatable bonds is 7. The summed E-state index contributed by atoms with van der Waals surface area (Å²) in [6.45, 7) is 3.80. The van der Waals surface area contributed by atoms with Crippen molar-refractivity contribution in [3.8, 4) is 11.4 Å². The van der Waals surface area contributed by atoms with Crippen molar-refractivity contribution in [2.75, 3.05) is 5.75 Å². The smallest absolute Gasteiger partial charge is 0.230 e. The van der Waals surface area contributed by atoms with Gasteiger partial charge in [-0.2, -0.15) is 4.98 Å². The zero-order valence-corrected chi connectivity index (χ0v) is 15.6. The van der Waals surface area contributed by atoms with Crippen LogP contribution in [0.25, 0.3) is 11.4 Å². The van der Waals surface area contributed by atoms with Crippen LogP contribution in [0.15, 0.2) is 45.4 Å². The predicted molar refractivity (Wildman–Crippen MR) is 98.5 cm³/mol. The second-order valence-electron chi connectivity index (χ2n) is 5.33. The molecule has 3 heterocycles. The number of aromatic nitrogens is 3. The Bertz CT molecular complexity index is 833. The summed E-state index contributed by atoms with van der Waals surface area (Å²) < 4.78 is 5.03. The van der Waals surface area contributed by atoms with Gasteiger partial charge < -0.3 is 9.84 Å². The molecule has 0 bridgehead atoms. The molecule has 0 saturated carbocycles. The molecular weight excluding hydrogens is 356 g/mol. The molecule has 130 valence electrons. The third kappa shape index (κ3) is 4.46. The van der Waals surface area contributed by atoms with Crippen molar-refractivity contribution in [1.82, 2.24) is 20.4 Å². The molecule has 0 aromatic carbocycles. The minimum absolute atomic E-state index is 0.0221. The first-order valence-electron chi connectivity index (χ1n) is 7.88. The van der Waals surface area contributed by atoms with Gasteiger partial charge in [0.25, 0.3) is 0 Å². The molecule has 0 fully saturated rings. The van der Waals surface area contributed by atoms with Gasteiger partial charge >= 0.3 is 0 Å². The molecule has 0 saturated heterocycles. The zero-order chi connectivity index (χ0) is 17.6. The summed E-state index contributed by atoms with van der Waals surface area (Å²) in [4.78, 5) is 22.1. The maximum atomic E-state index is 12.3. The first-order chi connectivity index (χ1) is 12.2. The standard InChI is InChI=1S/C17H18N4O2S2/c1-3-13(14-7-5-9-24-14)20-15(22)10-25-17-12(6-4-8-18-17)16-19-11(2)23-21-16/h4-9,13H,3,10H2,1-2H3,(H,20,22)/t13-/m0/s1. The van der Waals surface area contributed by atoms with Crippen LogP contribution in [0.4, 0.5) is 0 Å². The summed E-state index contributed by atoms with van der Waals surface area (Å²) in [5.74, 6) is 1.24. The number of pyridine rings is 1. The fourth-order valence-corrected chi connectivity index (χ4v) is 3.98. The van der Waals surface area contributed by atoms with Gasteiger partial charge in [0, 0.05) is 18.0 Å². The van der Waals surface area contributed by atoms with Gasteiger partial charge in [-0.3, -0.25) is 4.79 Å². The van der Waals surface area contributed by atoms with Gasteiger partial charge in [0.1, 0.15) is 5.03 Å². The van der Waals surface area contributed by atoms with Gasteiger partial charge in [0.15, 0.2) is 0 Å². The summed E-state index contributed by atoms with van der Waals surface area (Å²) in [6.07, 6.45) is 2.55. The van der Waals surface area contributed by atoms with Crippen LogP contribution in [0.3, 0.4) is 0 Å². The number of hydrogen-bond acceptors (Lipinski definition) is 7. The maximum absolute atomic E-state index is 12.3. The number of thioether (sulfide) groups is 1. The van der Waals surface area contributed by atoms with Gasteiger partial charge in [-0.05, 0) is 30.0 Å². The summed E-state index contributed by atoms with van der Waals surface area (Å²) >= 11 is 3.02. The van der Waals surface area contributed by atoms with Crippen molar-refractivity contribution in [2.45, 2.75) is 31.3 Å². The number of aryl methyl sites for hydroxylation is 1. The Hall–Kier alpha value is -2.19. The molecule has 6 nitrogen and oxygen atoms in total. The highest BCUT2D eigenvalue weighted by Gasteiger charge is 2.16. The van der Waals surface area contributed by atoms with E-state index in [0.29, 0.717) is 16.7 Å². The second kappa shape index (κ2) is 8.26. The molecule has 3 rings (SSSR count). The van der Waals surface area contributed by atoms with E-state index < -0.39 is 0 Å². The van der Waals surface area contributed by atoms with Crippen LogP contribution in [0.5, 0.6) is 0 Å². The van der Waals surface area contributed by atoms with Crippen molar-refractivity contribution >= 4 is 29.0 Å². The second-order valence-corrected chi connectivity index (χ2v) is 7.27. The third-order valence-corrected chi connectivity index (χ3v) is 5.50.